The number of amides is 1. The van der Waals surface area contributed by atoms with E-state index < -0.39 is 6.09 Å². The first-order valence-electron chi connectivity index (χ1n) is 3.03. The largest absolute Gasteiger partial charge is 0.448 e. The summed E-state index contributed by atoms with van der Waals surface area (Å²) >= 11 is 0. The summed E-state index contributed by atoms with van der Waals surface area (Å²) in [4.78, 5) is 10.5. The van der Waals surface area contributed by atoms with Crippen molar-refractivity contribution in [1.82, 2.24) is 5.32 Å². The zero-order valence-electron chi connectivity index (χ0n) is 6.21. The maximum atomic E-state index is 10.5. The molecule has 4 nitrogen and oxygen atoms in total. The predicted molar refractivity (Wildman–Crippen MR) is 45.9 cm³/mol. The van der Waals surface area contributed by atoms with Crippen molar-refractivity contribution in [3.05, 3.63) is 12.7 Å². The molecule has 0 unspecified atom stereocenters. The van der Waals surface area contributed by atoms with E-state index in [0.717, 1.165) is 0 Å². The van der Waals surface area contributed by atoms with Gasteiger partial charge in [-0.15, -0.1) is 19.0 Å². The number of alkyl carbamates (subject to hydrolysis) is 1. The molecule has 0 bridgehead atoms. The van der Waals surface area contributed by atoms with Crippen molar-refractivity contribution >= 4 is 18.5 Å². The molecule has 66 valence electrons. The zero-order valence-corrected chi connectivity index (χ0v) is 7.02. The monoisotopic (exact) mass is 180 g/mol. The van der Waals surface area contributed by atoms with Gasteiger partial charge < -0.3 is 15.8 Å². The minimum atomic E-state index is -0.453. The molecule has 0 heterocycles. The fourth-order valence-corrected chi connectivity index (χ4v) is 0.358. The SMILES string of the molecule is C=CCNC(=O)OCCN.Cl. The van der Waals surface area contributed by atoms with Crippen LogP contribution >= 0.6 is 12.4 Å². The number of carbonyl (C=O) groups excluding carboxylic acids is 1. The van der Waals surface area contributed by atoms with Gasteiger partial charge >= 0.3 is 6.09 Å². The lowest BCUT2D eigenvalue weighted by atomic mass is 10.6. The van der Waals surface area contributed by atoms with E-state index in [-0.39, 0.29) is 19.0 Å². The van der Waals surface area contributed by atoms with Gasteiger partial charge in [-0.05, 0) is 0 Å². The van der Waals surface area contributed by atoms with E-state index in [1.807, 2.05) is 0 Å². The van der Waals surface area contributed by atoms with Crippen molar-refractivity contribution in [2.45, 2.75) is 0 Å². The number of hydrogen-bond donors (Lipinski definition) is 2. The third-order valence-electron chi connectivity index (χ3n) is 0.742. The molecule has 5 heteroatoms. The molecule has 0 rings (SSSR count). The number of nitrogens with two attached hydrogens (primary N) is 1. The van der Waals surface area contributed by atoms with Gasteiger partial charge in [0.1, 0.15) is 6.61 Å². The normalized spacial score (nSPS) is 7.73. The van der Waals surface area contributed by atoms with Crippen molar-refractivity contribution in [3.8, 4) is 0 Å². The highest BCUT2D eigenvalue weighted by atomic mass is 35.5. The van der Waals surface area contributed by atoms with Crippen LogP contribution in [0.25, 0.3) is 0 Å². The number of halogens is 1. The Morgan fingerprint density at radius 1 is 1.73 bits per heavy atom. The fourth-order valence-electron chi connectivity index (χ4n) is 0.358. The molecule has 0 aromatic heterocycles. The molecule has 0 saturated carbocycles. The second kappa shape index (κ2) is 9.26. The van der Waals surface area contributed by atoms with Crippen molar-refractivity contribution in [1.29, 1.82) is 0 Å². The van der Waals surface area contributed by atoms with Crippen molar-refractivity contribution in [2.75, 3.05) is 19.7 Å². The number of nitrogens with one attached hydrogen (secondary N) is 1. The molecular formula is C6H13ClN2O2. The standard InChI is InChI=1S/C6H12N2O2.ClH/c1-2-4-8-6(9)10-5-3-7;/h2H,1,3-5,7H2,(H,8,9);1H. The maximum Gasteiger partial charge on any atom is 0.407 e. The lowest BCUT2D eigenvalue weighted by Gasteiger charge is -2.01. The second-order valence-corrected chi connectivity index (χ2v) is 1.59. The van der Waals surface area contributed by atoms with Crippen LogP contribution in [-0.4, -0.2) is 25.8 Å². The van der Waals surface area contributed by atoms with Gasteiger partial charge in [-0.25, -0.2) is 4.79 Å². The van der Waals surface area contributed by atoms with Gasteiger partial charge in [0.2, 0.25) is 0 Å². The molecule has 0 aliphatic carbocycles. The second-order valence-electron chi connectivity index (χ2n) is 1.59. The van der Waals surface area contributed by atoms with Gasteiger partial charge in [0, 0.05) is 13.1 Å². The van der Waals surface area contributed by atoms with E-state index in [1.54, 1.807) is 6.08 Å². The average molecular weight is 181 g/mol. The Morgan fingerprint density at radius 2 is 2.36 bits per heavy atom. The van der Waals surface area contributed by atoms with Gasteiger partial charge in [0.15, 0.2) is 0 Å². The topological polar surface area (TPSA) is 64.3 Å². The van der Waals surface area contributed by atoms with Gasteiger partial charge in [0.05, 0.1) is 0 Å². The van der Waals surface area contributed by atoms with Crippen molar-refractivity contribution in [2.24, 2.45) is 5.73 Å². The quantitative estimate of drug-likeness (QED) is 0.611. The smallest absolute Gasteiger partial charge is 0.407 e. The number of rotatable bonds is 4. The summed E-state index contributed by atoms with van der Waals surface area (Å²) in [6.07, 6.45) is 1.12. The lowest BCUT2D eigenvalue weighted by Crippen LogP contribution is -2.26. The Bertz CT molecular complexity index is 119. The minimum absolute atomic E-state index is 0. The molecule has 0 aliphatic heterocycles. The van der Waals surface area contributed by atoms with Crippen LogP contribution in [0.1, 0.15) is 0 Å². The number of hydrogen-bond acceptors (Lipinski definition) is 3. The molecule has 0 saturated heterocycles. The van der Waals surface area contributed by atoms with E-state index in [9.17, 15) is 4.79 Å². The summed E-state index contributed by atoms with van der Waals surface area (Å²) in [5.41, 5.74) is 5.08. The van der Waals surface area contributed by atoms with Gasteiger partial charge in [0.25, 0.3) is 0 Å². The van der Waals surface area contributed by atoms with Crippen LogP contribution < -0.4 is 11.1 Å². The Labute approximate surface area is 72.2 Å². The molecule has 0 aromatic carbocycles. The highest BCUT2D eigenvalue weighted by Crippen LogP contribution is 1.74. The van der Waals surface area contributed by atoms with Crippen LogP contribution in [0.15, 0.2) is 12.7 Å². The maximum absolute atomic E-state index is 10.5. The van der Waals surface area contributed by atoms with Crippen LogP contribution in [-0.2, 0) is 4.74 Å². The third-order valence-corrected chi connectivity index (χ3v) is 0.742. The van der Waals surface area contributed by atoms with E-state index in [2.05, 4.69) is 16.6 Å². The molecule has 11 heavy (non-hydrogen) atoms. The highest BCUT2D eigenvalue weighted by molar-refractivity contribution is 5.85. The van der Waals surface area contributed by atoms with Gasteiger partial charge in [-0.3, -0.25) is 0 Å². The molecule has 0 radical (unpaired) electrons. The van der Waals surface area contributed by atoms with Crippen LogP contribution in [0.4, 0.5) is 4.79 Å². The molecule has 0 aromatic rings. The van der Waals surface area contributed by atoms with E-state index in [4.69, 9.17) is 5.73 Å². The molecule has 1 amide bonds. The number of carbonyl (C=O) groups is 1. The fraction of sp³-hybridized carbons (Fsp3) is 0.500. The van der Waals surface area contributed by atoms with Crippen LogP contribution in [0.5, 0.6) is 0 Å². The first-order valence-corrected chi connectivity index (χ1v) is 3.03. The highest BCUT2D eigenvalue weighted by Gasteiger charge is 1.95. The molecule has 3 N–H and O–H groups in total. The van der Waals surface area contributed by atoms with Crippen molar-refractivity contribution < 1.29 is 9.53 Å². The lowest BCUT2D eigenvalue weighted by molar-refractivity contribution is 0.150. The van der Waals surface area contributed by atoms with Crippen LogP contribution in [0.2, 0.25) is 0 Å². The van der Waals surface area contributed by atoms with E-state index >= 15 is 0 Å². The van der Waals surface area contributed by atoms with Gasteiger partial charge in [-0.2, -0.15) is 0 Å². The molecule has 0 spiro atoms. The Kier molecular flexibility index (Phi) is 10.9. The Hall–Kier alpha value is -0.740. The Balaban J connectivity index is 0. The average Bonchev–Trinajstić information content (AvgIpc) is 1.97. The van der Waals surface area contributed by atoms with Crippen LogP contribution in [0.3, 0.4) is 0 Å². The number of ether oxygens (including phenoxy) is 1. The summed E-state index contributed by atoms with van der Waals surface area (Å²) in [5.74, 6) is 0. The Morgan fingerprint density at radius 3 is 2.82 bits per heavy atom. The summed E-state index contributed by atoms with van der Waals surface area (Å²) in [7, 11) is 0. The summed E-state index contributed by atoms with van der Waals surface area (Å²) in [6, 6.07) is 0. The summed E-state index contributed by atoms with van der Waals surface area (Å²) < 4.78 is 4.57. The molecule has 0 aliphatic rings. The van der Waals surface area contributed by atoms with E-state index in [1.165, 1.54) is 0 Å². The zero-order chi connectivity index (χ0) is 7.82. The first kappa shape index (κ1) is 12.9. The first-order chi connectivity index (χ1) is 4.81. The van der Waals surface area contributed by atoms with Gasteiger partial charge in [-0.1, -0.05) is 6.08 Å². The molecule has 0 atom stereocenters. The van der Waals surface area contributed by atoms with Crippen LogP contribution in [0, 0.1) is 0 Å². The minimum Gasteiger partial charge on any atom is -0.448 e. The molecule has 0 fully saturated rings. The van der Waals surface area contributed by atoms with E-state index in [0.29, 0.717) is 13.1 Å². The predicted octanol–water partition coefficient (Wildman–Crippen LogP) is 0.279. The van der Waals surface area contributed by atoms with Crippen molar-refractivity contribution in [3.63, 3.8) is 0 Å². The summed E-state index contributed by atoms with van der Waals surface area (Å²) in [6.45, 7) is 4.44. The molecular weight excluding hydrogens is 168 g/mol. The summed E-state index contributed by atoms with van der Waals surface area (Å²) in [5, 5.41) is 2.43. The third kappa shape index (κ3) is 9.26.